The number of rotatable bonds is 5. The summed E-state index contributed by atoms with van der Waals surface area (Å²) >= 11 is 1.52. The fourth-order valence-corrected chi connectivity index (χ4v) is 5.55. The van der Waals surface area contributed by atoms with E-state index in [4.69, 9.17) is 4.74 Å². The highest BCUT2D eigenvalue weighted by Gasteiger charge is 2.36. The predicted octanol–water partition coefficient (Wildman–Crippen LogP) is 1.40. The van der Waals surface area contributed by atoms with E-state index in [9.17, 15) is 14.7 Å². The van der Waals surface area contributed by atoms with Crippen molar-refractivity contribution in [3.63, 3.8) is 0 Å². The van der Waals surface area contributed by atoms with Crippen LogP contribution < -0.4 is 5.56 Å². The minimum Gasteiger partial charge on any atom is -0.388 e. The first kappa shape index (κ1) is 22.4. The molecule has 170 valence electrons. The maximum Gasteiger partial charge on any atom is 0.262 e. The lowest BCUT2D eigenvalue weighted by molar-refractivity contribution is -0.140. The lowest BCUT2D eigenvalue weighted by Gasteiger charge is -2.39. The van der Waals surface area contributed by atoms with Gasteiger partial charge >= 0.3 is 0 Å². The van der Waals surface area contributed by atoms with E-state index in [1.54, 1.807) is 6.33 Å². The van der Waals surface area contributed by atoms with Crippen molar-refractivity contribution in [2.75, 3.05) is 45.9 Å². The van der Waals surface area contributed by atoms with Gasteiger partial charge in [0, 0.05) is 43.5 Å². The molecule has 2 saturated heterocycles. The van der Waals surface area contributed by atoms with Crippen molar-refractivity contribution in [1.82, 2.24) is 19.4 Å². The number of piperidine rings is 1. The van der Waals surface area contributed by atoms with Crippen molar-refractivity contribution in [1.29, 1.82) is 0 Å². The molecule has 8 nitrogen and oxygen atoms in total. The third-order valence-corrected chi connectivity index (χ3v) is 7.80. The minimum absolute atomic E-state index is 0.0803. The van der Waals surface area contributed by atoms with Gasteiger partial charge < -0.3 is 14.7 Å². The molecule has 31 heavy (non-hydrogen) atoms. The molecule has 0 aliphatic carbocycles. The van der Waals surface area contributed by atoms with Crippen LogP contribution in [0.15, 0.2) is 11.1 Å². The average Bonchev–Trinajstić information content (AvgIpc) is 3.05. The summed E-state index contributed by atoms with van der Waals surface area (Å²) in [7, 11) is 0. The molecule has 0 radical (unpaired) electrons. The molecule has 2 aliphatic rings. The largest absolute Gasteiger partial charge is 0.388 e. The van der Waals surface area contributed by atoms with Gasteiger partial charge in [0.1, 0.15) is 4.83 Å². The molecule has 4 heterocycles. The lowest BCUT2D eigenvalue weighted by Crippen LogP contribution is -2.52. The van der Waals surface area contributed by atoms with Gasteiger partial charge in [-0.1, -0.05) is 6.92 Å². The molecule has 4 rings (SSSR count). The number of fused-ring (bicyclic) bond motifs is 1. The second-order valence-electron chi connectivity index (χ2n) is 9.00. The van der Waals surface area contributed by atoms with E-state index in [0.717, 1.165) is 48.1 Å². The van der Waals surface area contributed by atoms with Crippen molar-refractivity contribution >= 4 is 27.5 Å². The number of aliphatic hydroxyl groups is 1. The van der Waals surface area contributed by atoms with E-state index in [1.807, 2.05) is 25.7 Å². The zero-order valence-electron chi connectivity index (χ0n) is 18.6. The Morgan fingerprint density at radius 2 is 1.94 bits per heavy atom. The normalized spacial score (nSPS) is 20.8. The van der Waals surface area contributed by atoms with Crippen LogP contribution in [0, 0.1) is 19.8 Å². The van der Waals surface area contributed by atoms with Crippen LogP contribution in [0.25, 0.3) is 10.2 Å². The smallest absolute Gasteiger partial charge is 0.262 e. The van der Waals surface area contributed by atoms with E-state index in [2.05, 4.69) is 9.88 Å². The van der Waals surface area contributed by atoms with E-state index in [0.29, 0.717) is 31.3 Å². The van der Waals surface area contributed by atoms with Gasteiger partial charge in [0.25, 0.3) is 5.56 Å². The molecule has 0 aromatic carbocycles. The molecule has 1 atom stereocenters. The molecular weight excluding hydrogens is 416 g/mol. The molecule has 2 fully saturated rings. The van der Waals surface area contributed by atoms with Gasteiger partial charge in [-0.3, -0.25) is 19.1 Å². The maximum absolute atomic E-state index is 13.0. The number of likely N-dealkylation sites (tertiary alicyclic amines) is 1. The Balaban J connectivity index is 1.38. The van der Waals surface area contributed by atoms with Crippen molar-refractivity contribution in [2.24, 2.45) is 5.92 Å². The van der Waals surface area contributed by atoms with Gasteiger partial charge in [-0.2, -0.15) is 0 Å². The predicted molar refractivity (Wildman–Crippen MR) is 121 cm³/mol. The zero-order chi connectivity index (χ0) is 22.2. The van der Waals surface area contributed by atoms with Crippen molar-refractivity contribution in [3.05, 3.63) is 27.1 Å². The van der Waals surface area contributed by atoms with Crippen LogP contribution in [-0.2, 0) is 16.1 Å². The molecule has 2 aromatic heterocycles. The second kappa shape index (κ2) is 8.97. The van der Waals surface area contributed by atoms with Crippen LogP contribution in [0.3, 0.4) is 0 Å². The molecule has 9 heteroatoms. The highest BCUT2D eigenvalue weighted by Crippen LogP contribution is 2.28. The lowest BCUT2D eigenvalue weighted by atomic mass is 9.90. The molecular formula is C22H32N4O4S. The number of hydrogen-bond acceptors (Lipinski definition) is 7. The third-order valence-electron chi connectivity index (χ3n) is 6.68. The molecule has 1 unspecified atom stereocenters. The molecule has 0 saturated carbocycles. The number of carbonyl (C=O) groups is 1. The summed E-state index contributed by atoms with van der Waals surface area (Å²) in [5.74, 6) is 0.0569. The van der Waals surface area contributed by atoms with Crippen LogP contribution in [0.4, 0.5) is 0 Å². The van der Waals surface area contributed by atoms with E-state index >= 15 is 0 Å². The van der Waals surface area contributed by atoms with Crippen molar-refractivity contribution < 1.29 is 14.6 Å². The number of thiophene rings is 1. The van der Waals surface area contributed by atoms with Crippen LogP contribution >= 0.6 is 11.3 Å². The quantitative estimate of drug-likeness (QED) is 0.744. The van der Waals surface area contributed by atoms with Gasteiger partial charge in [0.05, 0.1) is 37.1 Å². The number of amides is 1. The Hall–Kier alpha value is -1.81. The summed E-state index contributed by atoms with van der Waals surface area (Å²) in [4.78, 5) is 36.3. The molecule has 1 N–H and O–H groups in total. The molecule has 2 aliphatic heterocycles. The Morgan fingerprint density at radius 1 is 1.26 bits per heavy atom. The van der Waals surface area contributed by atoms with Crippen molar-refractivity contribution in [2.45, 2.75) is 45.8 Å². The third kappa shape index (κ3) is 4.69. The number of morpholine rings is 1. The number of nitrogens with zero attached hydrogens (tertiary/aromatic N) is 4. The number of aromatic nitrogens is 2. The summed E-state index contributed by atoms with van der Waals surface area (Å²) in [6, 6.07) is 0. The van der Waals surface area contributed by atoms with Gasteiger partial charge in [0.15, 0.2) is 0 Å². The van der Waals surface area contributed by atoms with Gasteiger partial charge in [-0.15, -0.1) is 11.3 Å². The van der Waals surface area contributed by atoms with Crippen LogP contribution in [-0.4, -0.2) is 81.9 Å². The van der Waals surface area contributed by atoms with Crippen LogP contribution in [0.2, 0.25) is 0 Å². The summed E-state index contributed by atoms with van der Waals surface area (Å²) in [6.45, 7) is 11.0. The SMILES string of the molecule is Cc1sc2ncn(CC3(O)CCN(C(=O)C(C)CN4CCOCC4)CC3)c(=O)c2c1C. The first-order valence-electron chi connectivity index (χ1n) is 11.0. The molecule has 2 aromatic rings. The summed E-state index contributed by atoms with van der Waals surface area (Å²) in [5.41, 5.74) is -0.144. The number of aryl methyl sites for hydroxylation is 2. The number of ether oxygens (including phenoxy) is 1. The summed E-state index contributed by atoms with van der Waals surface area (Å²) in [5, 5.41) is 11.8. The van der Waals surface area contributed by atoms with E-state index < -0.39 is 5.60 Å². The van der Waals surface area contributed by atoms with Gasteiger partial charge in [-0.05, 0) is 32.3 Å². The molecule has 0 spiro atoms. The first-order valence-corrected chi connectivity index (χ1v) is 11.9. The van der Waals surface area contributed by atoms with Gasteiger partial charge in [0.2, 0.25) is 5.91 Å². The summed E-state index contributed by atoms with van der Waals surface area (Å²) in [6.07, 6.45) is 2.45. The highest BCUT2D eigenvalue weighted by atomic mass is 32.1. The van der Waals surface area contributed by atoms with E-state index in [-0.39, 0.29) is 23.9 Å². The number of hydrogen-bond donors (Lipinski definition) is 1. The van der Waals surface area contributed by atoms with E-state index in [1.165, 1.54) is 15.9 Å². The Morgan fingerprint density at radius 3 is 2.61 bits per heavy atom. The van der Waals surface area contributed by atoms with Crippen LogP contribution in [0.1, 0.15) is 30.2 Å². The highest BCUT2D eigenvalue weighted by molar-refractivity contribution is 7.18. The Labute approximate surface area is 186 Å². The fourth-order valence-electron chi connectivity index (χ4n) is 4.56. The van der Waals surface area contributed by atoms with Crippen molar-refractivity contribution in [3.8, 4) is 0 Å². The second-order valence-corrected chi connectivity index (χ2v) is 10.2. The average molecular weight is 449 g/mol. The molecule has 1 amide bonds. The molecule has 0 bridgehead atoms. The minimum atomic E-state index is -1.01. The Kier molecular flexibility index (Phi) is 6.48. The fraction of sp³-hybridized carbons (Fsp3) is 0.682. The monoisotopic (exact) mass is 448 g/mol. The maximum atomic E-state index is 13.0. The topological polar surface area (TPSA) is 87.9 Å². The van der Waals surface area contributed by atoms with Gasteiger partial charge in [-0.25, -0.2) is 4.98 Å². The van der Waals surface area contributed by atoms with Crippen LogP contribution in [0.5, 0.6) is 0 Å². The Bertz CT molecular complexity index is 1000. The standard InChI is InChI=1S/C22H32N4O4S/c1-15(12-24-8-10-30-11-9-24)20(27)25-6-4-22(29,5-7-25)13-26-14-23-19-18(21(26)28)16(2)17(3)31-19/h14-15,29H,4-13H2,1-3H3. The first-order chi connectivity index (χ1) is 14.8. The zero-order valence-corrected chi connectivity index (χ0v) is 19.4. The number of carbonyl (C=O) groups excluding carboxylic acids is 1. The summed E-state index contributed by atoms with van der Waals surface area (Å²) < 4.78 is 6.90.